The van der Waals surface area contributed by atoms with Crippen LogP contribution in [0.25, 0.3) is 0 Å². The van der Waals surface area contributed by atoms with Crippen LogP contribution in [-0.4, -0.2) is 19.0 Å². The zero-order valence-corrected chi connectivity index (χ0v) is 13.1. The van der Waals surface area contributed by atoms with Crippen LogP contribution in [0.15, 0.2) is 34.5 Å². The van der Waals surface area contributed by atoms with Gasteiger partial charge in [0.05, 0.1) is 0 Å². The Morgan fingerprint density at radius 3 is 2.06 bits per heavy atom. The predicted molar refractivity (Wildman–Crippen MR) is 79.2 cm³/mol. The summed E-state index contributed by atoms with van der Waals surface area (Å²) in [5.41, 5.74) is 3.50. The lowest BCUT2D eigenvalue weighted by atomic mass is 9.84. The van der Waals surface area contributed by atoms with Crippen LogP contribution in [0, 0.1) is 5.41 Å². The summed E-state index contributed by atoms with van der Waals surface area (Å²) in [5.74, 6) is 0. The first-order valence-electron chi connectivity index (χ1n) is 6.05. The minimum atomic E-state index is 0.161. The third kappa shape index (κ3) is 4.99. The van der Waals surface area contributed by atoms with Crippen molar-refractivity contribution in [2.45, 2.75) is 41.0 Å². The van der Waals surface area contributed by atoms with Gasteiger partial charge in [0.25, 0.3) is 0 Å². The van der Waals surface area contributed by atoms with Crippen LogP contribution < -0.4 is 0 Å². The Balaban J connectivity index is 5.30. The van der Waals surface area contributed by atoms with E-state index in [1.54, 1.807) is 0 Å². The standard InChI is InChI=1S/C15H26ClN/c1-9-13(15(4,5)6)10-14(16)11(2)12(3)17(7)8/h10H,3,9H2,1-2,4-8H3. The number of nitrogens with zero attached hydrogens (tertiary/aromatic N) is 1. The van der Waals surface area contributed by atoms with Gasteiger partial charge in [0.2, 0.25) is 0 Å². The van der Waals surface area contributed by atoms with E-state index in [4.69, 9.17) is 11.6 Å². The quantitative estimate of drug-likeness (QED) is 0.642. The van der Waals surface area contributed by atoms with Crippen LogP contribution in [0.3, 0.4) is 0 Å². The fourth-order valence-electron chi connectivity index (χ4n) is 1.58. The Hall–Kier alpha value is -0.690. The van der Waals surface area contributed by atoms with Crippen molar-refractivity contribution in [3.63, 3.8) is 0 Å². The summed E-state index contributed by atoms with van der Waals surface area (Å²) in [4.78, 5) is 1.98. The van der Waals surface area contributed by atoms with Crippen molar-refractivity contribution >= 4 is 11.6 Å². The van der Waals surface area contributed by atoms with Gasteiger partial charge in [0, 0.05) is 24.8 Å². The molecule has 98 valence electrons. The van der Waals surface area contributed by atoms with Gasteiger partial charge in [-0.25, -0.2) is 0 Å². The molecule has 0 atom stereocenters. The first kappa shape index (κ1) is 16.3. The highest BCUT2D eigenvalue weighted by Crippen LogP contribution is 2.31. The summed E-state index contributed by atoms with van der Waals surface area (Å²) in [6.45, 7) is 14.8. The van der Waals surface area contributed by atoms with E-state index in [2.05, 4.69) is 40.3 Å². The molecule has 0 aliphatic carbocycles. The van der Waals surface area contributed by atoms with Gasteiger partial charge in [-0.1, -0.05) is 51.4 Å². The van der Waals surface area contributed by atoms with Gasteiger partial charge in [0.1, 0.15) is 0 Å². The van der Waals surface area contributed by atoms with Gasteiger partial charge in [-0.3, -0.25) is 0 Å². The second-order valence-corrected chi connectivity index (χ2v) is 5.99. The van der Waals surface area contributed by atoms with Crippen molar-refractivity contribution in [1.29, 1.82) is 0 Å². The van der Waals surface area contributed by atoms with E-state index in [1.807, 2.05) is 25.9 Å². The van der Waals surface area contributed by atoms with Crippen molar-refractivity contribution < 1.29 is 0 Å². The maximum absolute atomic E-state index is 6.37. The van der Waals surface area contributed by atoms with E-state index < -0.39 is 0 Å². The lowest BCUT2D eigenvalue weighted by Crippen LogP contribution is -2.12. The van der Waals surface area contributed by atoms with Crippen LogP contribution in [0.5, 0.6) is 0 Å². The minimum Gasteiger partial charge on any atom is -0.378 e. The number of halogens is 1. The van der Waals surface area contributed by atoms with Gasteiger partial charge < -0.3 is 4.90 Å². The van der Waals surface area contributed by atoms with Crippen molar-refractivity contribution in [3.05, 3.63) is 34.5 Å². The maximum atomic E-state index is 6.37. The van der Waals surface area contributed by atoms with Crippen LogP contribution in [-0.2, 0) is 0 Å². The van der Waals surface area contributed by atoms with Crippen molar-refractivity contribution in [2.24, 2.45) is 5.41 Å². The topological polar surface area (TPSA) is 3.24 Å². The highest BCUT2D eigenvalue weighted by atomic mass is 35.5. The van der Waals surface area contributed by atoms with Crippen LogP contribution >= 0.6 is 11.6 Å². The average molecular weight is 256 g/mol. The van der Waals surface area contributed by atoms with E-state index in [9.17, 15) is 0 Å². The summed E-state index contributed by atoms with van der Waals surface area (Å²) >= 11 is 6.37. The van der Waals surface area contributed by atoms with Gasteiger partial charge in [-0.05, 0) is 30.4 Å². The molecule has 0 rings (SSSR count). The number of likely N-dealkylation sites (N-methyl/N-ethyl adjacent to an activating group) is 1. The lowest BCUT2D eigenvalue weighted by molar-refractivity contribution is 0.488. The van der Waals surface area contributed by atoms with E-state index in [-0.39, 0.29) is 5.41 Å². The molecule has 0 saturated carbocycles. The summed E-state index contributed by atoms with van der Waals surface area (Å²) in [5, 5.41) is 0.787. The molecular weight excluding hydrogens is 230 g/mol. The van der Waals surface area contributed by atoms with E-state index in [0.29, 0.717) is 0 Å². The number of rotatable bonds is 4. The predicted octanol–water partition coefficient (Wildman–Crippen LogP) is 4.96. The zero-order valence-electron chi connectivity index (χ0n) is 12.3. The smallest absolute Gasteiger partial charge is 0.0455 e. The molecule has 0 aliphatic rings. The third-order valence-corrected chi connectivity index (χ3v) is 3.37. The average Bonchev–Trinajstić information content (AvgIpc) is 2.21. The zero-order chi connectivity index (χ0) is 13.8. The van der Waals surface area contributed by atoms with E-state index in [1.165, 1.54) is 5.57 Å². The van der Waals surface area contributed by atoms with Crippen molar-refractivity contribution in [1.82, 2.24) is 4.90 Å². The van der Waals surface area contributed by atoms with Gasteiger partial charge in [0.15, 0.2) is 0 Å². The summed E-state index contributed by atoms with van der Waals surface area (Å²) in [6, 6.07) is 0. The largest absolute Gasteiger partial charge is 0.378 e. The molecule has 0 amide bonds. The molecule has 0 heterocycles. The van der Waals surface area contributed by atoms with Gasteiger partial charge >= 0.3 is 0 Å². The molecule has 0 aromatic rings. The molecular formula is C15H26ClN. The maximum Gasteiger partial charge on any atom is 0.0455 e. The Labute approximate surface area is 112 Å². The SMILES string of the molecule is C=C(C(C)=C(Cl)C=C(CC)C(C)(C)C)N(C)C. The van der Waals surface area contributed by atoms with Crippen LogP contribution in [0.2, 0.25) is 0 Å². The molecule has 0 N–H and O–H groups in total. The first-order valence-corrected chi connectivity index (χ1v) is 6.43. The molecule has 0 spiro atoms. The summed E-state index contributed by atoms with van der Waals surface area (Å²) in [7, 11) is 3.95. The minimum absolute atomic E-state index is 0.161. The molecule has 0 aromatic heterocycles. The van der Waals surface area contributed by atoms with Crippen LogP contribution in [0.4, 0.5) is 0 Å². The number of allylic oxidation sites excluding steroid dienone is 4. The Bertz CT molecular complexity index is 340. The highest BCUT2D eigenvalue weighted by Gasteiger charge is 2.16. The molecule has 1 nitrogen and oxygen atoms in total. The Kier molecular flexibility index (Phi) is 6.04. The van der Waals surface area contributed by atoms with E-state index in [0.717, 1.165) is 22.7 Å². The molecule has 0 aliphatic heterocycles. The molecule has 17 heavy (non-hydrogen) atoms. The van der Waals surface area contributed by atoms with Crippen molar-refractivity contribution in [2.75, 3.05) is 14.1 Å². The van der Waals surface area contributed by atoms with Crippen LogP contribution in [0.1, 0.15) is 41.0 Å². The highest BCUT2D eigenvalue weighted by molar-refractivity contribution is 6.31. The summed E-state index contributed by atoms with van der Waals surface area (Å²) < 4.78 is 0. The molecule has 0 bridgehead atoms. The molecule has 0 saturated heterocycles. The van der Waals surface area contributed by atoms with Crippen molar-refractivity contribution in [3.8, 4) is 0 Å². The fraction of sp³-hybridized carbons (Fsp3) is 0.600. The molecule has 0 radical (unpaired) electrons. The number of hydrogen-bond acceptors (Lipinski definition) is 1. The second-order valence-electron chi connectivity index (χ2n) is 5.59. The first-order chi connectivity index (χ1) is 7.61. The fourth-order valence-corrected chi connectivity index (χ4v) is 1.82. The van der Waals surface area contributed by atoms with Gasteiger partial charge in [-0.15, -0.1) is 0 Å². The van der Waals surface area contributed by atoms with Gasteiger partial charge in [-0.2, -0.15) is 0 Å². The second kappa shape index (κ2) is 6.30. The molecule has 0 unspecified atom stereocenters. The Morgan fingerprint density at radius 2 is 1.76 bits per heavy atom. The third-order valence-electron chi connectivity index (χ3n) is 2.98. The normalized spacial score (nSPS) is 14.5. The Morgan fingerprint density at radius 1 is 1.29 bits per heavy atom. The lowest BCUT2D eigenvalue weighted by Gasteiger charge is -2.23. The number of hydrogen-bond donors (Lipinski definition) is 0. The monoisotopic (exact) mass is 255 g/mol. The van der Waals surface area contributed by atoms with E-state index >= 15 is 0 Å². The molecule has 0 aromatic carbocycles. The summed E-state index contributed by atoms with van der Waals surface area (Å²) in [6.07, 6.45) is 3.10. The molecule has 0 fully saturated rings. The molecule has 2 heteroatoms.